The molecular weight excluding hydrogens is 152 g/mol. The van der Waals surface area contributed by atoms with Crippen LogP contribution in [-0.2, 0) is 4.84 Å². The van der Waals surface area contributed by atoms with Gasteiger partial charge in [0, 0.05) is 37.6 Å². The Balaban J connectivity index is 1.81. The number of rotatable bonds is 0. The maximum Gasteiger partial charge on any atom is 0.145 e. The Morgan fingerprint density at radius 3 is 2.67 bits per heavy atom. The van der Waals surface area contributed by atoms with E-state index in [1.807, 2.05) is 6.21 Å². The number of oxime groups is 1. The standard InChI is InChI=1S/C9H14N2O/c1-2-8-6-9(3-4-10-12-9)5-7(1)11-8/h4,7-8,11H,1-3,5-6H2. The highest BCUT2D eigenvalue weighted by molar-refractivity contribution is 5.60. The Morgan fingerprint density at radius 2 is 2.08 bits per heavy atom. The van der Waals surface area contributed by atoms with Crippen LogP contribution in [0.15, 0.2) is 5.16 Å². The van der Waals surface area contributed by atoms with Crippen LogP contribution in [0.3, 0.4) is 0 Å². The van der Waals surface area contributed by atoms with E-state index < -0.39 is 0 Å². The molecule has 2 saturated heterocycles. The first-order valence-corrected chi connectivity index (χ1v) is 4.82. The van der Waals surface area contributed by atoms with Gasteiger partial charge in [0.2, 0.25) is 0 Å². The van der Waals surface area contributed by atoms with Gasteiger partial charge in [0.1, 0.15) is 5.60 Å². The Hall–Kier alpha value is -0.570. The molecule has 66 valence electrons. The molecule has 3 aliphatic heterocycles. The van der Waals surface area contributed by atoms with Gasteiger partial charge in [-0.15, -0.1) is 0 Å². The van der Waals surface area contributed by atoms with Crippen LogP contribution in [0.4, 0.5) is 0 Å². The van der Waals surface area contributed by atoms with Crippen molar-refractivity contribution >= 4 is 6.21 Å². The predicted molar refractivity (Wildman–Crippen MR) is 46.1 cm³/mol. The van der Waals surface area contributed by atoms with Crippen molar-refractivity contribution in [2.24, 2.45) is 5.16 Å². The molecule has 12 heavy (non-hydrogen) atoms. The fraction of sp³-hybridized carbons (Fsp3) is 0.889. The molecule has 3 aliphatic rings. The van der Waals surface area contributed by atoms with Gasteiger partial charge in [0.15, 0.2) is 0 Å². The third-order valence-corrected chi connectivity index (χ3v) is 3.36. The minimum absolute atomic E-state index is 0.0943. The van der Waals surface area contributed by atoms with Crippen LogP contribution in [0.1, 0.15) is 32.1 Å². The largest absolute Gasteiger partial charge is 0.389 e. The normalized spacial score (nSPS) is 50.0. The number of piperidine rings is 1. The molecule has 0 aromatic heterocycles. The maximum atomic E-state index is 5.49. The number of fused-ring (bicyclic) bond motifs is 2. The highest BCUT2D eigenvalue weighted by atomic mass is 16.7. The molecule has 3 heteroatoms. The third kappa shape index (κ3) is 0.891. The summed E-state index contributed by atoms with van der Waals surface area (Å²) >= 11 is 0. The van der Waals surface area contributed by atoms with Crippen molar-refractivity contribution in [1.82, 2.24) is 5.32 Å². The van der Waals surface area contributed by atoms with E-state index in [2.05, 4.69) is 10.5 Å². The van der Waals surface area contributed by atoms with Gasteiger partial charge < -0.3 is 10.2 Å². The second kappa shape index (κ2) is 2.22. The Morgan fingerprint density at radius 1 is 1.33 bits per heavy atom. The van der Waals surface area contributed by atoms with Gasteiger partial charge in [-0.05, 0) is 12.8 Å². The Labute approximate surface area is 72.2 Å². The van der Waals surface area contributed by atoms with Gasteiger partial charge in [-0.2, -0.15) is 0 Å². The van der Waals surface area contributed by atoms with Crippen molar-refractivity contribution in [3.05, 3.63) is 0 Å². The highest BCUT2D eigenvalue weighted by Crippen LogP contribution is 2.40. The topological polar surface area (TPSA) is 33.6 Å². The fourth-order valence-corrected chi connectivity index (χ4v) is 2.84. The molecule has 3 nitrogen and oxygen atoms in total. The van der Waals surface area contributed by atoms with E-state index in [0.717, 1.165) is 19.3 Å². The van der Waals surface area contributed by atoms with Crippen LogP contribution < -0.4 is 5.32 Å². The zero-order valence-corrected chi connectivity index (χ0v) is 7.12. The van der Waals surface area contributed by atoms with E-state index in [-0.39, 0.29) is 5.60 Å². The first-order valence-electron chi connectivity index (χ1n) is 4.82. The molecule has 1 N–H and O–H groups in total. The number of hydrogen-bond donors (Lipinski definition) is 1. The number of nitrogens with one attached hydrogen (secondary N) is 1. The smallest absolute Gasteiger partial charge is 0.145 e. The van der Waals surface area contributed by atoms with Crippen LogP contribution in [0, 0.1) is 0 Å². The van der Waals surface area contributed by atoms with Gasteiger partial charge in [0.25, 0.3) is 0 Å². The van der Waals surface area contributed by atoms with E-state index >= 15 is 0 Å². The molecule has 1 spiro atoms. The van der Waals surface area contributed by atoms with Crippen LogP contribution in [0.5, 0.6) is 0 Å². The lowest BCUT2D eigenvalue weighted by Gasteiger charge is -2.35. The van der Waals surface area contributed by atoms with E-state index in [9.17, 15) is 0 Å². The minimum atomic E-state index is 0.0943. The van der Waals surface area contributed by atoms with E-state index in [0.29, 0.717) is 12.1 Å². The molecule has 0 radical (unpaired) electrons. The lowest BCUT2D eigenvalue weighted by atomic mass is 9.85. The summed E-state index contributed by atoms with van der Waals surface area (Å²) < 4.78 is 0. The van der Waals surface area contributed by atoms with Crippen molar-refractivity contribution in [1.29, 1.82) is 0 Å². The summed E-state index contributed by atoms with van der Waals surface area (Å²) in [7, 11) is 0. The molecule has 2 unspecified atom stereocenters. The Kier molecular flexibility index (Phi) is 1.28. The van der Waals surface area contributed by atoms with Crippen LogP contribution in [0.25, 0.3) is 0 Å². The minimum Gasteiger partial charge on any atom is -0.389 e. The Bertz CT molecular complexity index is 205. The second-order valence-electron chi connectivity index (χ2n) is 4.31. The van der Waals surface area contributed by atoms with Crippen molar-refractivity contribution < 1.29 is 4.84 Å². The molecule has 0 amide bonds. The maximum absolute atomic E-state index is 5.49. The average molecular weight is 166 g/mol. The first-order chi connectivity index (χ1) is 5.86. The lowest BCUT2D eigenvalue weighted by Crippen LogP contribution is -2.48. The molecule has 3 rings (SSSR count). The van der Waals surface area contributed by atoms with Gasteiger partial charge in [-0.1, -0.05) is 5.16 Å². The van der Waals surface area contributed by atoms with Crippen molar-refractivity contribution in [2.75, 3.05) is 0 Å². The molecule has 2 atom stereocenters. The molecule has 2 fully saturated rings. The van der Waals surface area contributed by atoms with Gasteiger partial charge >= 0.3 is 0 Å². The van der Waals surface area contributed by atoms with Crippen molar-refractivity contribution in [3.8, 4) is 0 Å². The molecule has 0 saturated carbocycles. The number of nitrogens with zero attached hydrogens (tertiary/aromatic N) is 1. The summed E-state index contributed by atoms with van der Waals surface area (Å²) in [4.78, 5) is 5.49. The summed E-state index contributed by atoms with van der Waals surface area (Å²) in [5, 5.41) is 7.51. The molecule has 3 heterocycles. The molecule has 2 bridgehead atoms. The van der Waals surface area contributed by atoms with Gasteiger partial charge in [-0.3, -0.25) is 0 Å². The zero-order valence-electron chi connectivity index (χ0n) is 7.12. The lowest BCUT2D eigenvalue weighted by molar-refractivity contribution is -0.0524. The highest BCUT2D eigenvalue weighted by Gasteiger charge is 2.46. The zero-order chi connectivity index (χ0) is 8.02. The summed E-state index contributed by atoms with van der Waals surface area (Å²) in [5.41, 5.74) is 0.0943. The molecular formula is C9H14N2O. The predicted octanol–water partition coefficient (Wildman–Crippen LogP) is 1.05. The summed E-state index contributed by atoms with van der Waals surface area (Å²) in [6.07, 6.45) is 7.92. The summed E-state index contributed by atoms with van der Waals surface area (Å²) in [6.45, 7) is 0. The first kappa shape index (κ1) is 6.89. The summed E-state index contributed by atoms with van der Waals surface area (Å²) in [6, 6.07) is 1.40. The fourth-order valence-electron chi connectivity index (χ4n) is 2.84. The van der Waals surface area contributed by atoms with Gasteiger partial charge in [0.05, 0.1) is 0 Å². The second-order valence-corrected chi connectivity index (χ2v) is 4.31. The molecule has 0 aromatic carbocycles. The van der Waals surface area contributed by atoms with Crippen LogP contribution in [0.2, 0.25) is 0 Å². The monoisotopic (exact) mass is 166 g/mol. The average Bonchev–Trinajstić information content (AvgIpc) is 2.60. The van der Waals surface area contributed by atoms with Crippen molar-refractivity contribution in [3.63, 3.8) is 0 Å². The van der Waals surface area contributed by atoms with E-state index in [1.54, 1.807) is 0 Å². The van der Waals surface area contributed by atoms with E-state index in [4.69, 9.17) is 4.84 Å². The summed E-state index contributed by atoms with van der Waals surface area (Å²) in [5.74, 6) is 0. The van der Waals surface area contributed by atoms with Crippen LogP contribution in [-0.4, -0.2) is 23.9 Å². The van der Waals surface area contributed by atoms with E-state index in [1.165, 1.54) is 12.8 Å². The third-order valence-electron chi connectivity index (χ3n) is 3.36. The van der Waals surface area contributed by atoms with Gasteiger partial charge in [-0.25, -0.2) is 0 Å². The molecule has 0 aromatic rings. The number of hydrogen-bond acceptors (Lipinski definition) is 3. The quantitative estimate of drug-likeness (QED) is 0.583. The van der Waals surface area contributed by atoms with Crippen LogP contribution >= 0.6 is 0 Å². The van der Waals surface area contributed by atoms with Crippen molar-refractivity contribution in [2.45, 2.75) is 49.8 Å². The SMILES string of the molecule is C1=NOC2(C1)CC1CCC(C2)N1. The molecule has 0 aliphatic carbocycles.